The molecular weight excluding hydrogens is 358 g/mol. The topological polar surface area (TPSA) is 21.3 Å². The Hall–Kier alpha value is -0.550. The number of thiophene rings is 1. The summed E-state index contributed by atoms with van der Waals surface area (Å²) in [6.45, 7) is 5.63. The Labute approximate surface area is 137 Å². The Bertz CT molecular complexity index is 553. The van der Waals surface area contributed by atoms with E-state index in [0.29, 0.717) is 6.61 Å². The van der Waals surface area contributed by atoms with Gasteiger partial charge in [0.1, 0.15) is 5.75 Å². The molecule has 0 saturated heterocycles. The molecule has 1 heterocycles. The van der Waals surface area contributed by atoms with Gasteiger partial charge in [0.2, 0.25) is 0 Å². The summed E-state index contributed by atoms with van der Waals surface area (Å²) in [5, 5.41) is 4.26. The van der Waals surface area contributed by atoms with E-state index in [1.165, 1.54) is 4.88 Å². The van der Waals surface area contributed by atoms with Crippen molar-refractivity contribution in [2.24, 2.45) is 0 Å². The van der Waals surface area contributed by atoms with Crippen molar-refractivity contribution in [3.63, 3.8) is 0 Å². The van der Waals surface area contributed by atoms with Crippen LogP contribution in [0.3, 0.4) is 0 Å². The van der Waals surface area contributed by atoms with Gasteiger partial charge in [-0.2, -0.15) is 0 Å². The maximum Gasteiger partial charge on any atom is 0.124 e. The average molecular weight is 375 g/mol. The maximum atomic E-state index is 6.17. The third-order valence-electron chi connectivity index (χ3n) is 2.89. The Morgan fingerprint density at radius 1 is 1.35 bits per heavy atom. The van der Waals surface area contributed by atoms with E-state index >= 15 is 0 Å². The first-order valence-corrected chi connectivity index (χ1v) is 8.55. The van der Waals surface area contributed by atoms with E-state index in [1.54, 1.807) is 11.3 Å². The molecule has 1 unspecified atom stereocenters. The summed E-state index contributed by atoms with van der Waals surface area (Å²) in [6.07, 6.45) is 0. The molecule has 108 valence electrons. The van der Waals surface area contributed by atoms with Crippen LogP contribution >= 0.6 is 38.9 Å². The van der Waals surface area contributed by atoms with Crippen molar-refractivity contribution in [2.75, 3.05) is 13.2 Å². The molecule has 1 N–H and O–H groups in total. The second-order valence-corrected chi connectivity index (χ2v) is 7.04. The molecule has 2 rings (SSSR count). The van der Waals surface area contributed by atoms with Crippen LogP contribution in [0.25, 0.3) is 0 Å². The van der Waals surface area contributed by atoms with Gasteiger partial charge < -0.3 is 10.1 Å². The van der Waals surface area contributed by atoms with Crippen LogP contribution in [0.2, 0.25) is 5.02 Å². The fourth-order valence-corrected chi connectivity index (χ4v) is 3.92. The van der Waals surface area contributed by atoms with Crippen molar-refractivity contribution in [3.05, 3.63) is 49.6 Å². The monoisotopic (exact) mass is 373 g/mol. The van der Waals surface area contributed by atoms with Gasteiger partial charge >= 0.3 is 0 Å². The van der Waals surface area contributed by atoms with Gasteiger partial charge in [0, 0.05) is 10.4 Å². The van der Waals surface area contributed by atoms with Gasteiger partial charge in [-0.25, -0.2) is 0 Å². The predicted octanol–water partition coefficient (Wildman–Crippen LogP) is 5.26. The van der Waals surface area contributed by atoms with Crippen molar-refractivity contribution in [1.82, 2.24) is 5.32 Å². The van der Waals surface area contributed by atoms with Crippen LogP contribution in [0.5, 0.6) is 5.75 Å². The Morgan fingerprint density at radius 3 is 2.70 bits per heavy atom. The standard InChI is InChI=1S/C15H17BrClNOS/c1-3-18-14(13-9-11(17)15(16)20-13)10-7-5-6-8-12(10)19-4-2/h5-9,14,18H,3-4H2,1-2H3. The van der Waals surface area contributed by atoms with E-state index in [1.807, 2.05) is 31.2 Å². The van der Waals surface area contributed by atoms with Crippen LogP contribution in [0.1, 0.15) is 30.3 Å². The van der Waals surface area contributed by atoms with E-state index in [4.69, 9.17) is 16.3 Å². The van der Waals surface area contributed by atoms with Crippen LogP contribution in [0.4, 0.5) is 0 Å². The minimum Gasteiger partial charge on any atom is -0.494 e. The first-order chi connectivity index (χ1) is 9.67. The fourth-order valence-electron chi connectivity index (χ4n) is 2.08. The number of benzene rings is 1. The molecule has 0 saturated carbocycles. The van der Waals surface area contributed by atoms with Gasteiger partial charge in [0.05, 0.1) is 21.5 Å². The summed E-state index contributed by atoms with van der Waals surface area (Å²) in [5.74, 6) is 0.918. The number of nitrogens with one attached hydrogen (secondary N) is 1. The van der Waals surface area contributed by atoms with Crippen molar-refractivity contribution in [1.29, 1.82) is 0 Å². The van der Waals surface area contributed by atoms with Crippen molar-refractivity contribution >= 4 is 38.9 Å². The molecule has 2 nitrogen and oxygen atoms in total. The lowest BCUT2D eigenvalue weighted by Gasteiger charge is -2.20. The molecule has 5 heteroatoms. The molecule has 0 fully saturated rings. The summed E-state index contributed by atoms with van der Waals surface area (Å²) in [7, 11) is 0. The lowest BCUT2D eigenvalue weighted by Crippen LogP contribution is -2.21. The molecule has 0 radical (unpaired) electrons. The predicted molar refractivity (Wildman–Crippen MR) is 90.2 cm³/mol. The lowest BCUT2D eigenvalue weighted by atomic mass is 10.0. The molecule has 2 aromatic rings. The molecule has 0 spiro atoms. The zero-order valence-electron chi connectivity index (χ0n) is 11.5. The Kier molecular flexibility index (Phi) is 5.90. The first-order valence-electron chi connectivity index (χ1n) is 6.57. The molecule has 0 aliphatic heterocycles. The number of hydrogen-bond acceptors (Lipinski definition) is 3. The van der Waals surface area contributed by atoms with Crippen molar-refractivity contribution in [3.8, 4) is 5.75 Å². The van der Waals surface area contributed by atoms with E-state index in [-0.39, 0.29) is 6.04 Å². The van der Waals surface area contributed by atoms with Gasteiger partial charge in [-0.1, -0.05) is 36.7 Å². The largest absolute Gasteiger partial charge is 0.494 e. The molecule has 0 bridgehead atoms. The van der Waals surface area contributed by atoms with E-state index in [2.05, 4.69) is 34.2 Å². The zero-order chi connectivity index (χ0) is 14.5. The number of rotatable bonds is 6. The van der Waals surface area contributed by atoms with Gasteiger partial charge in [-0.15, -0.1) is 11.3 Å². The summed E-state index contributed by atoms with van der Waals surface area (Å²) in [5.41, 5.74) is 1.14. The first kappa shape index (κ1) is 15.8. The lowest BCUT2D eigenvalue weighted by molar-refractivity contribution is 0.334. The minimum absolute atomic E-state index is 0.0940. The van der Waals surface area contributed by atoms with Gasteiger partial charge in [0.15, 0.2) is 0 Å². The van der Waals surface area contributed by atoms with E-state index < -0.39 is 0 Å². The normalized spacial score (nSPS) is 12.4. The summed E-state index contributed by atoms with van der Waals surface area (Å²) >= 11 is 11.3. The summed E-state index contributed by atoms with van der Waals surface area (Å²) in [4.78, 5) is 1.18. The van der Waals surface area contributed by atoms with Crippen molar-refractivity contribution in [2.45, 2.75) is 19.9 Å². The van der Waals surface area contributed by atoms with Crippen LogP contribution in [0, 0.1) is 0 Å². The molecule has 1 atom stereocenters. The second-order valence-electron chi connectivity index (χ2n) is 4.23. The average Bonchev–Trinajstić information content (AvgIpc) is 2.77. The van der Waals surface area contributed by atoms with E-state index in [0.717, 1.165) is 26.7 Å². The Morgan fingerprint density at radius 2 is 2.10 bits per heavy atom. The molecule has 0 amide bonds. The highest BCUT2D eigenvalue weighted by atomic mass is 79.9. The third-order valence-corrected chi connectivity index (χ3v) is 5.43. The third kappa shape index (κ3) is 3.55. The second kappa shape index (κ2) is 7.46. The molecule has 20 heavy (non-hydrogen) atoms. The van der Waals surface area contributed by atoms with Crippen molar-refractivity contribution < 1.29 is 4.74 Å². The Balaban J connectivity index is 2.42. The van der Waals surface area contributed by atoms with Gasteiger partial charge in [-0.05, 0) is 41.5 Å². The number of ether oxygens (including phenoxy) is 1. The summed E-state index contributed by atoms with van der Waals surface area (Å²) < 4.78 is 6.71. The molecule has 1 aromatic heterocycles. The summed E-state index contributed by atoms with van der Waals surface area (Å²) in [6, 6.07) is 10.2. The SMILES string of the molecule is CCNC(c1cc(Cl)c(Br)s1)c1ccccc1OCC. The van der Waals surface area contributed by atoms with Crippen LogP contribution in [0.15, 0.2) is 34.1 Å². The van der Waals surface area contributed by atoms with Crippen LogP contribution < -0.4 is 10.1 Å². The smallest absolute Gasteiger partial charge is 0.124 e. The highest BCUT2D eigenvalue weighted by molar-refractivity contribution is 9.11. The molecule has 0 aliphatic rings. The van der Waals surface area contributed by atoms with Gasteiger partial charge in [0.25, 0.3) is 0 Å². The minimum atomic E-state index is 0.0940. The molecule has 0 aliphatic carbocycles. The van der Waals surface area contributed by atoms with Gasteiger partial charge in [-0.3, -0.25) is 0 Å². The van der Waals surface area contributed by atoms with Crippen LogP contribution in [-0.4, -0.2) is 13.2 Å². The highest BCUT2D eigenvalue weighted by Gasteiger charge is 2.20. The van der Waals surface area contributed by atoms with E-state index in [9.17, 15) is 0 Å². The quantitative estimate of drug-likeness (QED) is 0.744. The maximum absolute atomic E-state index is 6.17. The highest BCUT2D eigenvalue weighted by Crippen LogP contribution is 2.39. The fraction of sp³-hybridized carbons (Fsp3) is 0.333. The number of para-hydroxylation sites is 1. The van der Waals surface area contributed by atoms with Crippen LogP contribution in [-0.2, 0) is 0 Å². The number of hydrogen-bond donors (Lipinski definition) is 1. The molecular formula is C15H17BrClNOS. The zero-order valence-corrected chi connectivity index (χ0v) is 14.6. The molecule has 1 aromatic carbocycles. The number of halogens is 2.